The predicted molar refractivity (Wildman–Crippen MR) is 80.9 cm³/mol. The molecule has 0 saturated heterocycles. The Hall–Kier alpha value is -1.03. The van der Waals surface area contributed by atoms with Crippen LogP contribution < -0.4 is 4.74 Å². The van der Waals surface area contributed by atoms with Crippen molar-refractivity contribution in [2.24, 2.45) is 0 Å². The molecule has 100 valence electrons. The highest BCUT2D eigenvalue weighted by atomic mass is 79.9. The average Bonchev–Trinajstić information content (AvgIpc) is 2.38. The number of rotatable bonds is 3. The molecule has 0 aliphatic heterocycles. The minimum atomic E-state index is -0.762. The molecule has 1 unspecified atom stereocenters. The summed E-state index contributed by atoms with van der Waals surface area (Å²) in [5, 5.41) is 11.1. The van der Waals surface area contributed by atoms with Crippen molar-refractivity contribution in [3.8, 4) is 5.75 Å². The molecule has 0 aliphatic rings. The first kappa shape index (κ1) is 14.4. The molecular formula is C15H14BrClO2. The fraction of sp³-hybridized carbons (Fsp3) is 0.200. The van der Waals surface area contributed by atoms with Gasteiger partial charge in [-0.2, -0.15) is 0 Å². The Morgan fingerprint density at radius 2 is 1.89 bits per heavy atom. The van der Waals surface area contributed by atoms with Gasteiger partial charge in [0, 0.05) is 15.1 Å². The second-order valence-electron chi connectivity index (χ2n) is 4.29. The Bertz CT molecular complexity index is 599. The third-order valence-corrected chi connectivity index (χ3v) is 3.74. The van der Waals surface area contributed by atoms with E-state index in [0.29, 0.717) is 16.3 Å². The van der Waals surface area contributed by atoms with E-state index >= 15 is 0 Å². The average molecular weight is 342 g/mol. The van der Waals surface area contributed by atoms with Crippen molar-refractivity contribution >= 4 is 27.5 Å². The van der Waals surface area contributed by atoms with Gasteiger partial charge in [0.05, 0.1) is 7.11 Å². The molecule has 1 atom stereocenters. The van der Waals surface area contributed by atoms with Crippen LogP contribution in [0.1, 0.15) is 22.8 Å². The van der Waals surface area contributed by atoms with Crippen molar-refractivity contribution in [3.05, 3.63) is 62.6 Å². The third-order valence-electron chi connectivity index (χ3n) is 3.01. The monoisotopic (exact) mass is 340 g/mol. The molecule has 4 heteroatoms. The van der Waals surface area contributed by atoms with Gasteiger partial charge in [0.1, 0.15) is 11.9 Å². The van der Waals surface area contributed by atoms with Crippen molar-refractivity contribution in [1.82, 2.24) is 0 Å². The van der Waals surface area contributed by atoms with Crippen LogP contribution in [0.3, 0.4) is 0 Å². The van der Waals surface area contributed by atoms with Crippen LogP contribution in [0.5, 0.6) is 5.75 Å². The van der Waals surface area contributed by atoms with Crippen molar-refractivity contribution in [2.45, 2.75) is 13.0 Å². The molecule has 19 heavy (non-hydrogen) atoms. The van der Waals surface area contributed by atoms with Gasteiger partial charge >= 0.3 is 0 Å². The summed E-state index contributed by atoms with van der Waals surface area (Å²) in [5.74, 6) is 0.624. The second-order valence-corrected chi connectivity index (χ2v) is 5.64. The standard InChI is InChI=1S/C15H14BrClO2/c1-9-7-10(16)3-5-12(9)15(18)13-8-11(17)4-6-14(13)19-2/h3-8,15,18H,1-2H3. The summed E-state index contributed by atoms with van der Waals surface area (Å²) >= 11 is 9.41. The van der Waals surface area contributed by atoms with Crippen LogP contribution in [0.15, 0.2) is 40.9 Å². The number of halogens is 2. The molecule has 2 aromatic carbocycles. The summed E-state index contributed by atoms with van der Waals surface area (Å²) in [7, 11) is 1.58. The van der Waals surface area contributed by atoms with Gasteiger partial charge in [-0.25, -0.2) is 0 Å². The number of methoxy groups -OCH3 is 1. The number of aryl methyl sites for hydroxylation is 1. The normalized spacial score (nSPS) is 12.3. The minimum Gasteiger partial charge on any atom is -0.496 e. The molecule has 0 amide bonds. The zero-order valence-electron chi connectivity index (χ0n) is 10.7. The van der Waals surface area contributed by atoms with Gasteiger partial charge in [-0.1, -0.05) is 33.6 Å². The highest BCUT2D eigenvalue weighted by Gasteiger charge is 2.17. The lowest BCUT2D eigenvalue weighted by atomic mass is 9.97. The largest absolute Gasteiger partial charge is 0.496 e. The lowest BCUT2D eigenvalue weighted by Gasteiger charge is -2.17. The van der Waals surface area contributed by atoms with Gasteiger partial charge in [0.2, 0.25) is 0 Å². The molecule has 0 saturated carbocycles. The summed E-state index contributed by atoms with van der Waals surface area (Å²) in [5.41, 5.74) is 2.51. The van der Waals surface area contributed by atoms with E-state index in [-0.39, 0.29) is 0 Å². The zero-order valence-corrected chi connectivity index (χ0v) is 13.0. The van der Waals surface area contributed by atoms with Crippen LogP contribution in [0.25, 0.3) is 0 Å². The molecular weight excluding hydrogens is 328 g/mol. The Kier molecular flexibility index (Phi) is 4.50. The summed E-state index contributed by atoms with van der Waals surface area (Å²) in [4.78, 5) is 0. The SMILES string of the molecule is COc1ccc(Cl)cc1C(O)c1ccc(Br)cc1C. The van der Waals surface area contributed by atoms with Gasteiger partial charge in [-0.15, -0.1) is 0 Å². The first-order valence-corrected chi connectivity index (χ1v) is 6.97. The van der Waals surface area contributed by atoms with Crippen LogP contribution in [0.2, 0.25) is 5.02 Å². The number of aliphatic hydroxyl groups is 1. The van der Waals surface area contributed by atoms with Gasteiger partial charge in [-0.05, 0) is 48.4 Å². The molecule has 0 spiro atoms. The van der Waals surface area contributed by atoms with Crippen molar-refractivity contribution in [2.75, 3.05) is 7.11 Å². The second kappa shape index (κ2) is 5.95. The number of ether oxygens (including phenoxy) is 1. The molecule has 0 radical (unpaired) electrons. The van der Waals surface area contributed by atoms with Crippen LogP contribution >= 0.6 is 27.5 Å². The van der Waals surface area contributed by atoms with Crippen molar-refractivity contribution < 1.29 is 9.84 Å². The highest BCUT2D eigenvalue weighted by molar-refractivity contribution is 9.10. The van der Waals surface area contributed by atoms with Crippen LogP contribution in [0.4, 0.5) is 0 Å². The molecule has 1 N–H and O–H groups in total. The van der Waals surface area contributed by atoms with E-state index in [2.05, 4.69) is 15.9 Å². The first-order valence-electron chi connectivity index (χ1n) is 5.80. The van der Waals surface area contributed by atoms with Gasteiger partial charge in [0.15, 0.2) is 0 Å². The summed E-state index contributed by atoms with van der Waals surface area (Å²) in [6.07, 6.45) is -0.762. The maximum atomic E-state index is 10.5. The van der Waals surface area contributed by atoms with E-state index < -0.39 is 6.10 Å². The van der Waals surface area contributed by atoms with Gasteiger partial charge in [-0.3, -0.25) is 0 Å². The summed E-state index contributed by atoms with van der Waals surface area (Å²) in [6, 6.07) is 11.0. The molecule has 0 aliphatic carbocycles. The Labute approximate surface area is 126 Å². The molecule has 2 rings (SSSR count). The number of benzene rings is 2. The fourth-order valence-electron chi connectivity index (χ4n) is 2.03. The number of hydrogen-bond acceptors (Lipinski definition) is 2. The first-order chi connectivity index (χ1) is 9.02. The van der Waals surface area contributed by atoms with E-state index in [1.165, 1.54) is 0 Å². The van der Waals surface area contributed by atoms with Crippen LogP contribution in [-0.4, -0.2) is 12.2 Å². The molecule has 0 heterocycles. The van der Waals surface area contributed by atoms with E-state index in [1.54, 1.807) is 25.3 Å². The Morgan fingerprint density at radius 1 is 1.16 bits per heavy atom. The smallest absolute Gasteiger partial charge is 0.125 e. The molecule has 2 aromatic rings. The number of hydrogen-bond donors (Lipinski definition) is 1. The molecule has 2 nitrogen and oxygen atoms in total. The Balaban J connectivity index is 2.49. The van der Waals surface area contributed by atoms with Crippen molar-refractivity contribution in [3.63, 3.8) is 0 Å². The Morgan fingerprint density at radius 3 is 2.53 bits per heavy atom. The van der Waals surface area contributed by atoms with E-state index in [1.807, 2.05) is 25.1 Å². The molecule has 0 aromatic heterocycles. The topological polar surface area (TPSA) is 29.5 Å². The van der Waals surface area contributed by atoms with Gasteiger partial charge in [0.25, 0.3) is 0 Å². The van der Waals surface area contributed by atoms with E-state index in [0.717, 1.165) is 15.6 Å². The molecule has 0 bridgehead atoms. The van der Waals surface area contributed by atoms with Gasteiger partial charge < -0.3 is 9.84 Å². The predicted octanol–water partition coefficient (Wildman–Crippen LogP) is 4.50. The lowest BCUT2D eigenvalue weighted by molar-refractivity contribution is 0.214. The highest BCUT2D eigenvalue weighted by Crippen LogP contribution is 2.34. The lowest BCUT2D eigenvalue weighted by Crippen LogP contribution is -2.04. The third kappa shape index (κ3) is 3.11. The van der Waals surface area contributed by atoms with E-state index in [4.69, 9.17) is 16.3 Å². The summed E-state index contributed by atoms with van der Waals surface area (Å²) < 4.78 is 6.26. The quantitative estimate of drug-likeness (QED) is 0.890. The van der Waals surface area contributed by atoms with Crippen LogP contribution in [-0.2, 0) is 0 Å². The maximum absolute atomic E-state index is 10.5. The zero-order chi connectivity index (χ0) is 14.0. The minimum absolute atomic E-state index is 0.574. The summed E-state index contributed by atoms with van der Waals surface area (Å²) in [6.45, 7) is 1.96. The van der Waals surface area contributed by atoms with Crippen molar-refractivity contribution in [1.29, 1.82) is 0 Å². The van der Waals surface area contributed by atoms with Crippen LogP contribution in [0, 0.1) is 6.92 Å². The maximum Gasteiger partial charge on any atom is 0.125 e. The number of aliphatic hydroxyl groups excluding tert-OH is 1. The fourth-order valence-corrected chi connectivity index (χ4v) is 2.69. The van der Waals surface area contributed by atoms with E-state index in [9.17, 15) is 5.11 Å². The molecule has 0 fully saturated rings.